The molecule has 0 heterocycles. The van der Waals surface area contributed by atoms with Gasteiger partial charge in [-0.25, -0.2) is 0 Å². The molecule has 0 spiro atoms. The van der Waals surface area contributed by atoms with E-state index in [9.17, 15) is 0 Å². The molecule has 0 saturated heterocycles. The number of nitrogens with one attached hydrogen (secondary N) is 2. The van der Waals surface area contributed by atoms with Gasteiger partial charge < -0.3 is 20.1 Å². The molecule has 22 heavy (non-hydrogen) atoms. The van der Waals surface area contributed by atoms with Crippen molar-refractivity contribution in [3.63, 3.8) is 0 Å². The number of rotatable bonds is 12. The fourth-order valence-electron chi connectivity index (χ4n) is 2.06. The van der Waals surface area contributed by atoms with E-state index >= 15 is 0 Å². The van der Waals surface area contributed by atoms with Crippen molar-refractivity contribution in [2.75, 3.05) is 40.0 Å². The molecule has 0 rings (SSSR count). The first-order valence-electron chi connectivity index (χ1n) is 8.29. The van der Waals surface area contributed by atoms with Crippen LogP contribution in [0.5, 0.6) is 0 Å². The fraction of sp³-hybridized carbons (Fsp3) is 0.938. The SMILES string of the molecule is CCOCCCCNC(=NC)NCCC(OCC)C(C)C.I. The Bertz CT molecular complexity index is 264. The number of hydrogen-bond acceptors (Lipinski definition) is 3. The van der Waals surface area contributed by atoms with Crippen LogP contribution in [0.4, 0.5) is 0 Å². The van der Waals surface area contributed by atoms with Crippen LogP contribution in [-0.2, 0) is 9.47 Å². The average molecular weight is 429 g/mol. The Hall–Kier alpha value is -0.0800. The highest BCUT2D eigenvalue weighted by molar-refractivity contribution is 14.0. The molecular weight excluding hydrogens is 393 g/mol. The lowest BCUT2D eigenvalue weighted by atomic mass is 10.0. The van der Waals surface area contributed by atoms with Crippen LogP contribution in [0, 0.1) is 5.92 Å². The van der Waals surface area contributed by atoms with Crippen LogP contribution >= 0.6 is 24.0 Å². The maximum atomic E-state index is 5.74. The molecule has 0 aromatic carbocycles. The second kappa shape index (κ2) is 17.3. The summed E-state index contributed by atoms with van der Waals surface area (Å²) in [6.07, 6.45) is 3.48. The van der Waals surface area contributed by atoms with Gasteiger partial charge in [0.1, 0.15) is 0 Å². The number of nitrogens with zero attached hydrogens (tertiary/aromatic N) is 1. The van der Waals surface area contributed by atoms with E-state index < -0.39 is 0 Å². The number of hydrogen-bond donors (Lipinski definition) is 2. The Morgan fingerprint density at radius 1 is 1.05 bits per heavy atom. The number of guanidine groups is 1. The molecule has 0 amide bonds. The minimum absolute atomic E-state index is 0. The molecule has 0 saturated carbocycles. The minimum Gasteiger partial charge on any atom is -0.382 e. The normalized spacial score (nSPS) is 12.9. The highest BCUT2D eigenvalue weighted by atomic mass is 127. The summed E-state index contributed by atoms with van der Waals surface area (Å²) < 4.78 is 11.1. The van der Waals surface area contributed by atoms with E-state index in [4.69, 9.17) is 9.47 Å². The van der Waals surface area contributed by atoms with Crippen LogP contribution in [0.1, 0.15) is 47.0 Å². The van der Waals surface area contributed by atoms with Crippen LogP contribution in [0.15, 0.2) is 4.99 Å². The predicted molar refractivity (Wildman–Crippen MR) is 105 cm³/mol. The van der Waals surface area contributed by atoms with Gasteiger partial charge in [0.25, 0.3) is 0 Å². The maximum Gasteiger partial charge on any atom is 0.190 e. The van der Waals surface area contributed by atoms with Gasteiger partial charge in [-0.1, -0.05) is 13.8 Å². The zero-order chi connectivity index (χ0) is 15.9. The third-order valence-corrected chi connectivity index (χ3v) is 3.28. The van der Waals surface area contributed by atoms with Gasteiger partial charge in [-0.3, -0.25) is 4.99 Å². The van der Waals surface area contributed by atoms with Crippen molar-refractivity contribution in [3.8, 4) is 0 Å². The first-order valence-corrected chi connectivity index (χ1v) is 8.29. The molecular formula is C16H36IN3O2. The highest BCUT2D eigenvalue weighted by Gasteiger charge is 2.12. The van der Waals surface area contributed by atoms with Gasteiger partial charge in [0.2, 0.25) is 0 Å². The molecule has 0 radical (unpaired) electrons. The minimum atomic E-state index is 0. The third-order valence-electron chi connectivity index (χ3n) is 3.28. The quantitative estimate of drug-likeness (QED) is 0.217. The van der Waals surface area contributed by atoms with Crippen molar-refractivity contribution in [1.29, 1.82) is 0 Å². The Kier molecular flexibility index (Phi) is 19.0. The number of aliphatic imine (C=N–C) groups is 1. The Morgan fingerprint density at radius 3 is 2.27 bits per heavy atom. The molecule has 1 unspecified atom stereocenters. The Morgan fingerprint density at radius 2 is 1.73 bits per heavy atom. The van der Waals surface area contributed by atoms with Crippen molar-refractivity contribution in [3.05, 3.63) is 0 Å². The van der Waals surface area contributed by atoms with Gasteiger partial charge in [0, 0.05) is 40.0 Å². The summed E-state index contributed by atoms with van der Waals surface area (Å²) in [5.74, 6) is 1.41. The van der Waals surface area contributed by atoms with E-state index in [0.29, 0.717) is 12.0 Å². The van der Waals surface area contributed by atoms with Crippen LogP contribution in [0.3, 0.4) is 0 Å². The van der Waals surface area contributed by atoms with Gasteiger partial charge in [-0.15, -0.1) is 24.0 Å². The standard InChI is InChI=1S/C16H35N3O2.HI/c1-6-20-13-9-8-11-18-16(17-5)19-12-10-15(14(3)4)21-7-2;/h14-15H,6-13H2,1-5H3,(H2,17,18,19);1H. The highest BCUT2D eigenvalue weighted by Crippen LogP contribution is 2.09. The molecule has 0 aliphatic carbocycles. The van der Waals surface area contributed by atoms with Gasteiger partial charge in [-0.05, 0) is 39.0 Å². The molecule has 0 aromatic rings. The number of ether oxygens (including phenoxy) is 2. The van der Waals surface area contributed by atoms with Crippen LogP contribution < -0.4 is 10.6 Å². The second-order valence-electron chi connectivity index (χ2n) is 5.36. The Balaban J connectivity index is 0. The molecule has 0 bridgehead atoms. The summed E-state index contributed by atoms with van der Waals surface area (Å²) in [5.41, 5.74) is 0. The van der Waals surface area contributed by atoms with Crippen molar-refractivity contribution >= 4 is 29.9 Å². The van der Waals surface area contributed by atoms with Crippen LogP contribution in [0.2, 0.25) is 0 Å². The van der Waals surface area contributed by atoms with Crippen molar-refractivity contribution < 1.29 is 9.47 Å². The van der Waals surface area contributed by atoms with Crippen molar-refractivity contribution in [2.24, 2.45) is 10.9 Å². The third kappa shape index (κ3) is 13.6. The van der Waals surface area contributed by atoms with Crippen LogP contribution in [-0.4, -0.2) is 52.0 Å². The lowest BCUT2D eigenvalue weighted by Gasteiger charge is -2.21. The van der Waals surface area contributed by atoms with E-state index in [2.05, 4.69) is 29.5 Å². The average Bonchev–Trinajstić information content (AvgIpc) is 2.47. The Labute approximate surface area is 154 Å². The first-order chi connectivity index (χ1) is 10.2. The van der Waals surface area contributed by atoms with Gasteiger partial charge in [-0.2, -0.15) is 0 Å². The summed E-state index contributed by atoms with van der Waals surface area (Å²) in [5, 5.41) is 6.67. The molecule has 134 valence electrons. The lowest BCUT2D eigenvalue weighted by molar-refractivity contribution is 0.0258. The molecule has 0 aromatic heterocycles. The summed E-state index contributed by atoms with van der Waals surface area (Å²) in [4.78, 5) is 4.23. The van der Waals surface area contributed by atoms with E-state index in [1.54, 1.807) is 7.05 Å². The topological polar surface area (TPSA) is 54.9 Å². The molecule has 5 nitrogen and oxygen atoms in total. The van der Waals surface area contributed by atoms with Crippen LogP contribution in [0.25, 0.3) is 0 Å². The summed E-state index contributed by atoms with van der Waals surface area (Å²) in [6.45, 7) is 12.7. The van der Waals surface area contributed by atoms with Gasteiger partial charge in [0.05, 0.1) is 6.10 Å². The summed E-state index contributed by atoms with van der Waals surface area (Å²) in [7, 11) is 1.80. The van der Waals surface area contributed by atoms with E-state index in [0.717, 1.165) is 58.1 Å². The monoisotopic (exact) mass is 429 g/mol. The lowest BCUT2D eigenvalue weighted by Crippen LogP contribution is -2.39. The second-order valence-corrected chi connectivity index (χ2v) is 5.36. The summed E-state index contributed by atoms with van der Waals surface area (Å²) >= 11 is 0. The van der Waals surface area contributed by atoms with E-state index in [-0.39, 0.29) is 24.0 Å². The maximum absolute atomic E-state index is 5.74. The zero-order valence-corrected chi connectivity index (χ0v) is 17.3. The van der Waals surface area contributed by atoms with Gasteiger partial charge in [0.15, 0.2) is 5.96 Å². The van der Waals surface area contributed by atoms with E-state index in [1.165, 1.54) is 0 Å². The molecule has 0 aliphatic heterocycles. The van der Waals surface area contributed by atoms with E-state index in [1.807, 2.05) is 13.8 Å². The molecule has 2 N–H and O–H groups in total. The number of unbranched alkanes of at least 4 members (excludes halogenated alkanes) is 1. The summed E-state index contributed by atoms with van der Waals surface area (Å²) in [6, 6.07) is 0. The molecule has 1 atom stereocenters. The first kappa shape index (κ1) is 24.2. The smallest absolute Gasteiger partial charge is 0.190 e. The molecule has 0 fully saturated rings. The number of halogens is 1. The van der Waals surface area contributed by atoms with Crippen molar-refractivity contribution in [1.82, 2.24) is 10.6 Å². The van der Waals surface area contributed by atoms with Crippen molar-refractivity contribution in [2.45, 2.75) is 53.1 Å². The largest absolute Gasteiger partial charge is 0.382 e. The molecule has 6 heteroatoms. The van der Waals surface area contributed by atoms with Gasteiger partial charge >= 0.3 is 0 Å². The molecule has 0 aliphatic rings. The zero-order valence-electron chi connectivity index (χ0n) is 15.0. The predicted octanol–water partition coefficient (Wildman–Crippen LogP) is 3.04. The fourth-order valence-corrected chi connectivity index (χ4v) is 2.06.